The van der Waals surface area contributed by atoms with Crippen molar-refractivity contribution >= 4 is 17.4 Å². The van der Waals surface area contributed by atoms with Crippen molar-refractivity contribution in [2.24, 2.45) is 0 Å². The van der Waals surface area contributed by atoms with Crippen LogP contribution in [0, 0.1) is 0 Å². The predicted molar refractivity (Wildman–Crippen MR) is 103 cm³/mol. The molecule has 4 rings (SSSR count). The van der Waals surface area contributed by atoms with Crippen LogP contribution in [0.15, 0.2) is 30.3 Å². The lowest BCUT2D eigenvalue weighted by atomic mass is 10.1. The summed E-state index contributed by atoms with van der Waals surface area (Å²) in [6, 6.07) is 7.11. The predicted octanol–water partition coefficient (Wildman–Crippen LogP) is 2.74. The maximum absolute atomic E-state index is 13.1. The second-order valence-corrected chi connectivity index (χ2v) is 7.38. The van der Waals surface area contributed by atoms with E-state index in [0.717, 1.165) is 36.8 Å². The first kappa shape index (κ1) is 19.6. The monoisotopic (exact) mass is 405 g/mol. The summed E-state index contributed by atoms with van der Waals surface area (Å²) < 4.78 is 39.2. The van der Waals surface area contributed by atoms with Gasteiger partial charge in [-0.25, -0.2) is 0 Å². The number of fused-ring (bicyclic) bond motifs is 1. The summed E-state index contributed by atoms with van der Waals surface area (Å²) in [6.45, 7) is 2.70. The van der Waals surface area contributed by atoms with Crippen molar-refractivity contribution in [1.29, 1.82) is 0 Å². The lowest BCUT2D eigenvalue weighted by molar-refractivity contribution is -0.137. The molecular weight excluding hydrogens is 383 g/mol. The summed E-state index contributed by atoms with van der Waals surface area (Å²) >= 11 is 0. The molecule has 2 aliphatic rings. The molecule has 1 aromatic heterocycles. The number of piperazine rings is 1. The molecular formula is C20H22F3N5O. The number of para-hydroxylation sites is 1. The molecule has 1 aromatic carbocycles. The molecule has 1 aliphatic heterocycles. The summed E-state index contributed by atoms with van der Waals surface area (Å²) in [5.74, 6) is 0.404. The molecule has 0 saturated carbocycles. The molecule has 154 valence electrons. The zero-order chi connectivity index (χ0) is 20.4. The first-order chi connectivity index (χ1) is 13.9. The van der Waals surface area contributed by atoms with Gasteiger partial charge in [-0.2, -0.15) is 18.3 Å². The number of anilines is 2. The van der Waals surface area contributed by atoms with Gasteiger partial charge in [0.2, 0.25) is 5.91 Å². The van der Waals surface area contributed by atoms with Gasteiger partial charge in [-0.05, 0) is 43.0 Å². The lowest BCUT2D eigenvalue weighted by Gasteiger charge is -2.34. The van der Waals surface area contributed by atoms with Gasteiger partial charge in [0, 0.05) is 26.2 Å². The van der Waals surface area contributed by atoms with E-state index in [4.69, 9.17) is 0 Å². The van der Waals surface area contributed by atoms with Gasteiger partial charge in [0.05, 0.1) is 23.5 Å². The van der Waals surface area contributed by atoms with E-state index >= 15 is 0 Å². The highest BCUT2D eigenvalue weighted by molar-refractivity contribution is 5.93. The zero-order valence-electron chi connectivity index (χ0n) is 15.9. The normalized spacial score (nSPS) is 17.3. The number of nitrogens with one attached hydrogen (secondary N) is 1. The molecule has 0 radical (unpaired) electrons. The van der Waals surface area contributed by atoms with E-state index < -0.39 is 17.6 Å². The van der Waals surface area contributed by atoms with Crippen LogP contribution in [0.1, 0.15) is 23.2 Å². The van der Waals surface area contributed by atoms with E-state index in [0.29, 0.717) is 26.2 Å². The number of hydrogen-bond acceptors (Lipinski definition) is 5. The SMILES string of the molecule is O=C(CN1CCN(c2cc3c(nn2)CCC3)CC1)Nc1ccccc1C(F)(F)F. The van der Waals surface area contributed by atoms with Gasteiger partial charge in [-0.1, -0.05) is 12.1 Å². The molecule has 1 saturated heterocycles. The summed E-state index contributed by atoms with van der Waals surface area (Å²) in [4.78, 5) is 16.4. The Morgan fingerprint density at radius 1 is 1.07 bits per heavy atom. The Labute approximate surface area is 166 Å². The second kappa shape index (κ2) is 7.98. The maximum Gasteiger partial charge on any atom is 0.418 e. The lowest BCUT2D eigenvalue weighted by Crippen LogP contribution is -2.49. The maximum atomic E-state index is 13.1. The first-order valence-electron chi connectivity index (χ1n) is 9.69. The van der Waals surface area contributed by atoms with Crippen LogP contribution >= 0.6 is 0 Å². The quantitative estimate of drug-likeness (QED) is 0.848. The molecule has 2 aromatic rings. The van der Waals surface area contributed by atoms with Crippen molar-refractivity contribution in [3.8, 4) is 0 Å². The third-order valence-electron chi connectivity index (χ3n) is 5.38. The third-order valence-corrected chi connectivity index (χ3v) is 5.38. The number of hydrogen-bond donors (Lipinski definition) is 1. The molecule has 6 nitrogen and oxygen atoms in total. The number of amides is 1. The van der Waals surface area contributed by atoms with Gasteiger partial charge in [0.25, 0.3) is 0 Å². The van der Waals surface area contributed by atoms with Gasteiger partial charge in [-0.3, -0.25) is 9.69 Å². The van der Waals surface area contributed by atoms with Crippen LogP contribution in [0.5, 0.6) is 0 Å². The molecule has 0 atom stereocenters. The highest BCUT2D eigenvalue weighted by Gasteiger charge is 2.33. The van der Waals surface area contributed by atoms with Crippen molar-refractivity contribution in [2.45, 2.75) is 25.4 Å². The summed E-state index contributed by atoms with van der Waals surface area (Å²) in [6.07, 6.45) is -1.36. The number of aromatic nitrogens is 2. The van der Waals surface area contributed by atoms with Gasteiger partial charge in [0.15, 0.2) is 5.82 Å². The van der Waals surface area contributed by atoms with Crippen LogP contribution in [0.4, 0.5) is 24.7 Å². The van der Waals surface area contributed by atoms with Crippen LogP contribution < -0.4 is 10.2 Å². The van der Waals surface area contributed by atoms with Crippen molar-refractivity contribution in [2.75, 3.05) is 42.9 Å². The number of carbonyl (C=O) groups is 1. The standard InChI is InChI=1S/C20H22F3N5O/c21-20(22,23)15-5-1-2-6-17(15)24-19(29)13-27-8-10-28(11-9-27)18-12-14-4-3-7-16(14)25-26-18/h1-2,5-6,12H,3-4,7-11,13H2,(H,24,29). The Morgan fingerprint density at radius 3 is 2.59 bits per heavy atom. The van der Waals surface area contributed by atoms with E-state index in [2.05, 4.69) is 26.5 Å². The largest absolute Gasteiger partial charge is 0.418 e. The van der Waals surface area contributed by atoms with Crippen LogP contribution in [0.25, 0.3) is 0 Å². The molecule has 9 heteroatoms. The average molecular weight is 405 g/mol. The van der Waals surface area contributed by atoms with Gasteiger partial charge in [-0.15, -0.1) is 5.10 Å². The zero-order valence-corrected chi connectivity index (χ0v) is 15.9. The van der Waals surface area contributed by atoms with Crippen molar-refractivity contribution in [1.82, 2.24) is 15.1 Å². The van der Waals surface area contributed by atoms with Crippen molar-refractivity contribution < 1.29 is 18.0 Å². The Kier molecular flexibility index (Phi) is 5.40. The van der Waals surface area contributed by atoms with Crippen LogP contribution in [-0.4, -0.2) is 53.7 Å². The summed E-state index contributed by atoms with van der Waals surface area (Å²) in [5, 5.41) is 11.0. The van der Waals surface area contributed by atoms with E-state index in [1.807, 2.05) is 4.90 Å². The topological polar surface area (TPSA) is 61.4 Å². The van der Waals surface area contributed by atoms with E-state index in [1.54, 1.807) is 0 Å². The fourth-order valence-electron chi connectivity index (χ4n) is 3.84. The fourth-order valence-corrected chi connectivity index (χ4v) is 3.84. The summed E-state index contributed by atoms with van der Waals surface area (Å²) in [5.41, 5.74) is 1.30. The first-order valence-corrected chi connectivity index (χ1v) is 9.69. The number of carbonyl (C=O) groups excluding carboxylic acids is 1. The third kappa shape index (κ3) is 4.50. The number of halogens is 3. The number of benzene rings is 1. The van der Waals surface area contributed by atoms with Gasteiger partial charge < -0.3 is 10.2 Å². The molecule has 2 heterocycles. The smallest absolute Gasteiger partial charge is 0.353 e. The molecule has 29 heavy (non-hydrogen) atoms. The van der Waals surface area contributed by atoms with Crippen molar-refractivity contribution in [3.63, 3.8) is 0 Å². The number of alkyl halides is 3. The Bertz CT molecular complexity index is 894. The van der Waals surface area contributed by atoms with E-state index in [9.17, 15) is 18.0 Å². The number of aryl methyl sites for hydroxylation is 2. The Hall–Kier alpha value is -2.68. The Balaban J connectivity index is 1.32. The fraction of sp³-hybridized carbons (Fsp3) is 0.450. The highest BCUT2D eigenvalue weighted by Crippen LogP contribution is 2.34. The summed E-state index contributed by atoms with van der Waals surface area (Å²) in [7, 11) is 0. The molecule has 1 N–H and O–H groups in total. The van der Waals surface area contributed by atoms with Gasteiger partial charge in [0.1, 0.15) is 0 Å². The minimum Gasteiger partial charge on any atom is -0.353 e. The van der Waals surface area contributed by atoms with Crippen LogP contribution in [0.3, 0.4) is 0 Å². The molecule has 1 amide bonds. The van der Waals surface area contributed by atoms with E-state index in [1.165, 1.54) is 23.8 Å². The second-order valence-electron chi connectivity index (χ2n) is 7.38. The number of rotatable bonds is 4. The minimum atomic E-state index is -4.51. The van der Waals surface area contributed by atoms with Gasteiger partial charge >= 0.3 is 6.18 Å². The highest BCUT2D eigenvalue weighted by atomic mass is 19.4. The molecule has 0 spiro atoms. The number of nitrogens with zero attached hydrogens (tertiary/aromatic N) is 4. The van der Waals surface area contributed by atoms with Crippen LogP contribution in [-0.2, 0) is 23.8 Å². The van der Waals surface area contributed by atoms with Crippen LogP contribution in [0.2, 0.25) is 0 Å². The molecule has 1 fully saturated rings. The molecule has 1 aliphatic carbocycles. The Morgan fingerprint density at radius 2 is 1.83 bits per heavy atom. The molecule has 0 unspecified atom stereocenters. The average Bonchev–Trinajstić information content (AvgIpc) is 3.16. The minimum absolute atomic E-state index is 0.0515. The van der Waals surface area contributed by atoms with E-state index in [-0.39, 0.29) is 12.2 Å². The molecule has 0 bridgehead atoms. The van der Waals surface area contributed by atoms with Crippen molar-refractivity contribution in [3.05, 3.63) is 47.2 Å².